The maximum atomic E-state index is 9.04. The molecule has 16 heavy (non-hydrogen) atoms. The summed E-state index contributed by atoms with van der Waals surface area (Å²) in [6.45, 7) is 1.54. The van der Waals surface area contributed by atoms with Crippen LogP contribution in [0.1, 0.15) is 12.8 Å². The van der Waals surface area contributed by atoms with E-state index in [0.717, 1.165) is 30.1 Å². The number of hydrogen-bond acceptors (Lipinski definition) is 3. The first-order valence-corrected chi connectivity index (χ1v) is 5.71. The van der Waals surface area contributed by atoms with Crippen molar-refractivity contribution in [3.05, 3.63) is 29.3 Å². The number of nitriles is 1. The fourth-order valence-electron chi connectivity index (χ4n) is 2.05. The maximum absolute atomic E-state index is 9.04. The molecule has 0 aromatic heterocycles. The molecule has 1 saturated heterocycles. The molecule has 0 radical (unpaired) electrons. The fourth-order valence-corrected chi connectivity index (χ4v) is 2.17. The molecule has 2 rings (SSSR count). The molecule has 84 valence electrons. The summed E-state index contributed by atoms with van der Waals surface area (Å²) in [4.78, 5) is 2.14. The largest absolute Gasteiger partial charge is 0.369 e. The van der Waals surface area contributed by atoms with Gasteiger partial charge in [0.05, 0.1) is 6.07 Å². The van der Waals surface area contributed by atoms with E-state index in [1.165, 1.54) is 0 Å². The summed E-state index contributed by atoms with van der Waals surface area (Å²) >= 11 is 5.84. The van der Waals surface area contributed by atoms with E-state index in [2.05, 4.69) is 11.0 Å². The third kappa shape index (κ3) is 2.29. The van der Waals surface area contributed by atoms with Gasteiger partial charge in [0.1, 0.15) is 5.54 Å². The lowest BCUT2D eigenvalue weighted by Crippen LogP contribution is -2.53. The summed E-state index contributed by atoms with van der Waals surface area (Å²) in [7, 11) is 0. The predicted octanol–water partition coefficient (Wildman–Crippen LogP) is 2.16. The number of anilines is 1. The van der Waals surface area contributed by atoms with Crippen LogP contribution >= 0.6 is 11.6 Å². The van der Waals surface area contributed by atoms with E-state index in [9.17, 15) is 0 Å². The van der Waals surface area contributed by atoms with Crippen LogP contribution in [0.2, 0.25) is 5.02 Å². The van der Waals surface area contributed by atoms with Crippen molar-refractivity contribution in [2.75, 3.05) is 18.0 Å². The number of nitrogens with zero attached hydrogens (tertiary/aromatic N) is 2. The molecule has 1 fully saturated rings. The monoisotopic (exact) mass is 235 g/mol. The second kappa shape index (κ2) is 4.32. The van der Waals surface area contributed by atoms with Crippen molar-refractivity contribution >= 4 is 17.3 Å². The molecule has 0 saturated carbocycles. The van der Waals surface area contributed by atoms with Crippen molar-refractivity contribution in [2.45, 2.75) is 18.4 Å². The minimum Gasteiger partial charge on any atom is -0.369 e. The smallest absolute Gasteiger partial charge is 0.121 e. The fraction of sp³-hybridized carbons (Fsp3) is 0.417. The highest BCUT2D eigenvalue weighted by molar-refractivity contribution is 6.30. The van der Waals surface area contributed by atoms with Crippen LogP contribution < -0.4 is 10.6 Å². The van der Waals surface area contributed by atoms with Crippen molar-refractivity contribution in [1.29, 1.82) is 5.26 Å². The van der Waals surface area contributed by atoms with Crippen LogP contribution in [-0.4, -0.2) is 18.6 Å². The van der Waals surface area contributed by atoms with E-state index >= 15 is 0 Å². The highest BCUT2D eigenvalue weighted by Gasteiger charge is 2.31. The molecule has 0 spiro atoms. The summed E-state index contributed by atoms with van der Waals surface area (Å²) in [5, 5.41) is 9.76. The van der Waals surface area contributed by atoms with Gasteiger partial charge in [-0.15, -0.1) is 0 Å². The highest BCUT2D eigenvalue weighted by Crippen LogP contribution is 2.25. The number of nitrogens with two attached hydrogens (primary N) is 1. The Morgan fingerprint density at radius 3 is 2.69 bits per heavy atom. The van der Waals surface area contributed by atoms with Gasteiger partial charge in [-0.3, -0.25) is 0 Å². The molecule has 4 heteroatoms. The van der Waals surface area contributed by atoms with Crippen molar-refractivity contribution in [1.82, 2.24) is 0 Å². The van der Waals surface area contributed by atoms with Gasteiger partial charge < -0.3 is 10.6 Å². The van der Waals surface area contributed by atoms with Crippen LogP contribution in [0.25, 0.3) is 0 Å². The van der Waals surface area contributed by atoms with E-state index in [1.807, 2.05) is 24.3 Å². The molecule has 1 heterocycles. The van der Waals surface area contributed by atoms with Crippen LogP contribution in [0, 0.1) is 11.3 Å². The van der Waals surface area contributed by atoms with Crippen LogP contribution in [-0.2, 0) is 0 Å². The van der Waals surface area contributed by atoms with E-state index in [0.29, 0.717) is 6.54 Å². The standard InChI is InChI=1S/C12H14ClN3/c13-10-2-4-11(5-3-10)16-7-1-6-12(15,8-14)9-16/h2-5H,1,6-7,9,15H2. The normalized spacial score (nSPS) is 25.2. The second-order valence-corrected chi connectivity index (χ2v) is 4.71. The SMILES string of the molecule is N#CC1(N)CCCN(c2ccc(Cl)cc2)C1. The predicted molar refractivity (Wildman–Crippen MR) is 65.4 cm³/mol. The van der Waals surface area contributed by atoms with Crippen LogP contribution in [0.5, 0.6) is 0 Å². The van der Waals surface area contributed by atoms with Gasteiger partial charge >= 0.3 is 0 Å². The molecule has 1 atom stereocenters. The Kier molecular flexibility index (Phi) is 3.04. The van der Waals surface area contributed by atoms with E-state index < -0.39 is 5.54 Å². The van der Waals surface area contributed by atoms with Gasteiger partial charge in [-0.25, -0.2) is 0 Å². The minimum atomic E-state index is -0.710. The van der Waals surface area contributed by atoms with Crippen LogP contribution in [0.3, 0.4) is 0 Å². The molecule has 1 aliphatic rings. The minimum absolute atomic E-state index is 0.588. The molecular weight excluding hydrogens is 222 g/mol. The van der Waals surface area contributed by atoms with Gasteiger partial charge in [0.2, 0.25) is 0 Å². The Morgan fingerprint density at radius 2 is 2.06 bits per heavy atom. The van der Waals surface area contributed by atoms with Gasteiger partial charge in [-0.2, -0.15) is 5.26 Å². The molecule has 0 bridgehead atoms. The average molecular weight is 236 g/mol. The third-order valence-electron chi connectivity index (χ3n) is 2.94. The number of benzene rings is 1. The quantitative estimate of drug-likeness (QED) is 0.812. The van der Waals surface area contributed by atoms with Gasteiger partial charge in [-0.05, 0) is 37.1 Å². The summed E-state index contributed by atoms with van der Waals surface area (Å²) in [6, 6.07) is 9.84. The van der Waals surface area contributed by atoms with Crippen molar-refractivity contribution in [3.8, 4) is 6.07 Å². The van der Waals surface area contributed by atoms with Gasteiger partial charge in [0, 0.05) is 23.8 Å². The van der Waals surface area contributed by atoms with Gasteiger partial charge in [-0.1, -0.05) is 11.6 Å². The average Bonchev–Trinajstić information content (AvgIpc) is 2.30. The lowest BCUT2D eigenvalue weighted by atomic mass is 9.91. The summed E-state index contributed by atoms with van der Waals surface area (Å²) in [5.41, 5.74) is 6.35. The maximum Gasteiger partial charge on any atom is 0.121 e. The Bertz CT molecular complexity index is 409. The molecular formula is C12H14ClN3. The second-order valence-electron chi connectivity index (χ2n) is 4.27. The first-order valence-electron chi connectivity index (χ1n) is 5.34. The van der Waals surface area contributed by atoms with Crippen molar-refractivity contribution in [2.24, 2.45) is 5.73 Å². The Balaban J connectivity index is 2.16. The highest BCUT2D eigenvalue weighted by atomic mass is 35.5. The van der Waals surface area contributed by atoms with E-state index in [4.69, 9.17) is 22.6 Å². The van der Waals surface area contributed by atoms with Crippen LogP contribution in [0.15, 0.2) is 24.3 Å². The molecule has 1 aromatic carbocycles. The van der Waals surface area contributed by atoms with Crippen LogP contribution in [0.4, 0.5) is 5.69 Å². The topological polar surface area (TPSA) is 53.1 Å². The number of hydrogen-bond donors (Lipinski definition) is 1. The van der Waals surface area contributed by atoms with Crippen molar-refractivity contribution in [3.63, 3.8) is 0 Å². The summed E-state index contributed by atoms with van der Waals surface area (Å²) < 4.78 is 0. The first-order chi connectivity index (χ1) is 7.63. The number of piperidine rings is 1. The third-order valence-corrected chi connectivity index (χ3v) is 3.19. The zero-order chi connectivity index (χ0) is 11.6. The first kappa shape index (κ1) is 11.3. The Morgan fingerprint density at radius 1 is 1.38 bits per heavy atom. The van der Waals surface area contributed by atoms with E-state index in [-0.39, 0.29) is 0 Å². The molecule has 1 aromatic rings. The molecule has 1 unspecified atom stereocenters. The lowest BCUT2D eigenvalue weighted by Gasteiger charge is -2.37. The summed E-state index contributed by atoms with van der Waals surface area (Å²) in [6.07, 6.45) is 1.72. The molecule has 0 aliphatic carbocycles. The molecule has 2 N–H and O–H groups in total. The van der Waals surface area contributed by atoms with Gasteiger partial charge in [0.15, 0.2) is 0 Å². The number of halogens is 1. The number of rotatable bonds is 1. The van der Waals surface area contributed by atoms with Gasteiger partial charge in [0.25, 0.3) is 0 Å². The molecule has 1 aliphatic heterocycles. The van der Waals surface area contributed by atoms with E-state index in [1.54, 1.807) is 0 Å². The Hall–Kier alpha value is -1.24. The Labute approximate surface area is 100 Å². The zero-order valence-electron chi connectivity index (χ0n) is 8.99. The molecule has 0 amide bonds. The lowest BCUT2D eigenvalue weighted by molar-refractivity contribution is 0.424. The zero-order valence-corrected chi connectivity index (χ0v) is 9.74. The van der Waals surface area contributed by atoms with Crippen molar-refractivity contribution < 1.29 is 0 Å². The summed E-state index contributed by atoms with van der Waals surface area (Å²) in [5.74, 6) is 0. The molecule has 3 nitrogen and oxygen atoms in total.